The number of nitrogens with one attached hydrogen (secondary N) is 1. The van der Waals surface area contributed by atoms with Crippen molar-refractivity contribution in [3.05, 3.63) is 0 Å². The van der Waals surface area contributed by atoms with Gasteiger partial charge in [0.2, 0.25) is 11.8 Å². The zero-order valence-electron chi connectivity index (χ0n) is 15.5. The average molecular weight is 350 g/mol. The lowest BCUT2D eigenvalue weighted by Crippen LogP contribution is -2.50. The second kappa shape index (κ2) is 9.02. The predicted octanol–water partition coefficient (Wildman–Crippen LogP) is 2.58. The quantitative estimate of drug-likeness (QED) is 0.801. The van der Waals surface area contributed by atoms with Gasteiger partial charge < -0.3 is 16.0 Å². The molecule has 2 amide bonds. The molecule has 3 fully saturated rings. The molecule has 142 valence electrons. The summed E-state index contributed by atoms with van der Waals surface area (Å²) in [4.78, 5) is 27.1. The Labute approximate surface area is 152 Å². The first-order chi connectivity index (χ1) is 12.2. The predicted molar refractivity (Wildman–Crippen MR) is 98.9 cm³/mol. The number of hydrogen-bond acceptors (Lipinski definition) is 3. The molecule has 1 aliphatic heterocycles. The van der Waals surface area contributed by atoms with Gasteiger partial charge in [0.15, 0.2) is 0 Å². The molecule has 3 rings (SSSR count). The van der Waals surface area contributed by atoms with Crippen LogP contribution >= 0.6 is 0 Å². The van der Waals surface area contributed by atoms with Crippen molar-refractivity contribution in [3.8, 4) is 0 Å². The van der Waals surface area contributed by atoms with E-state index in [1.165, 1.54) is 32.1 Å². The van der Waals surface area contributed by atoms with Crippen LogP contribution in [0.3, 0.4) is 0 Å². The van der Waals surface area contributed by atoms with Gasteiger partial charge in [-0.25, -0.2) is 0 Å². The minimum atomic E-state index is 0.134. The summed E-state index contributed by atoms with van der Waals surface area (Å²) in [6.45, 7) is 1.46. The summed E-state index contributed by atoms with van der Waals surface area (Å²) in [6, 6.07) is 0.509. The smallest absolute Gasteiger partial charge is 0.225 e. The van der Waals surface area contributed by atoms with Gasteiger partial charge in [0.05, 0.1) is 0 Å². The van der Waals surface area contributed by atoms with E-state index in [1.54, 1.807) is 0 Å². The zero-order valence-corrected chi connectivity index (χ0v) is 15.5. The van der Waals surface area contributed by atoms with Crippen LogP contribution in [0.4, 0.5) is 0 Å². The highest BCUT2D eigenvalue weighted by atomic mass is 16.2. The van der Waals surface area contributed by atoms with Crippen molar-refractivity contribution in [1.82, 2.24) is 10.2 Å². The fraction of sp³-hybridized carbons (Fsp3) is 0.900. The van der Waals surface area contributed by atoms with Crippen LogP contribution in [0, 0.1) is 11.8 Å². The Balaban J connectivity index is 1.41. The Kier molecular flexibility index (Phi) is 6.74. The molecule has 0 aromatic carbocycles. The van der Waals surface area contributed by atoms with Crippen molar-refractivity contribution >= 4 is 11.8 Å². The van der Waals surface area contributed by atoms with Crippen LogP contribution in [0.1, 0.15) is 77.0 Å². The summed E-state index contributed by atoms with van der Waals surface area (Å²) in [6.07, 6.45) is 12.7. The van der Waals surface area contributed by atoms with Gasteiger partial charge in [0, 0.05) is 37.5 Å². The fourth-order valence-electron chi connectivity index (χ4n) is 5.02. The molecule has 0 bridgehead atoms. The van der Waals surface area contributed by atoms with E-state index in [0.29, 0.717) is 24.8 Å². The summed E-state index contributed by atoms with van der Waals surface area (Å²) >= 11 is 0. The van der Waals surface area contributed by atoms with E-state index in [9.17, 15) is 9.59 Å². The third-order valence-corrected chi connectivity index (χ3v) is 6.57. The van der Waals surface area contributed by atoms with E-state index < -0.39 is 0 Å². The average Bonchev–Trinajstić information content (AvgIpc) is 3.14. The largest absolute Gasteiger partial charge is 0.353 e. The summed E-state index contributed by atoms with van der Waals surface area (Å²) in [5, 5.41) is 3.22. The van der Waals surface area contributed by atoms with Crippen LogP contribution in [0.5, 0.6) is 0 Å². The van der Waals surface area contributed by atoms with Crippen molar-refractivity contribution in [2.45, 2.75) is 89.1 Å². The maximum absolute atomic E-state index is 12.9. The van der Waals surface area contributed by atoms with Gasteiger partial charge >= 0.3 is 0 Å². The normalized spacial score (nSPS) is 31.1. The lowest BCUT2D eigenvalue weighted by molar-refractivity contribution is -0.140. The number of carbonyl (C=O) groups excluding carboxylic acids is 2. The van der Waals surface area contributed by atoms with Crippen LogP contribution in [0.2, 0.25) is 0 Å². The van der Waals surface area contributed by atoms with Gasteiger partial charge in [-0.1, -0.05) is 12.8 Å². The number of carbonyl (C=O) groups is 2. The molecule has 0 spiro atoms. The van der Waals surface area contributed by atoms with Crippen LogP contribution < -0.4 is 11.1 Å². The van der Waals surface area contributed by atoms with Gasteiger partial charge in [-0.05, 0) is 63.7 Å². The van der Waals surface area contributed by atoms with Crippen molar-refractivity contribution < 1.29 is 9.59 Å². The maximum Gasteiger partial charge on any atom is 0.225 e. The number of nitrogens with two attached hydrogens (primary N) is 1. The van der Waals surface area contributed by atoms with E-state index in [0.717, 1.165) is 45.1 Å². The molecule has 25 heavy (non-hydrogen) atoms. The third kappa shape index (κ3) is 4.96. The summed E-state index contributed by atoms with van der Waals surface area (Å²) in [5.41, 5.74) is 5.86. The van der Waals surface area contributed by atoms with Crippen LogP contribution in [0.15, 0.2) is 0 Å². The van der Waals surface area contributed by atoms with Crippen molar-refractivity contribution in [2.75, 3.05) is 13.1 Å². The minimum Gasteiger partial charge on any atom is -0.353 e. The number of piperidine rings is 1. The molecule has 0 aromatic heterocycles. The molecule has 2 saturated carbocycles. The number of hydrogen-bond donors (Lipinski definition) is 2. The molecule has 1 saturated heterocycles. The molecule has 1 atom stereocenters. The number of rotatable bonds is 5. The van der Waals surface area contributed by atoms with Crippen molar-refractivity contribution in [3.63, 3.8) is 0 Å². The lowest BCUT2D eigenvalue weighted by atomic mass is 9.84. The molecule has 5 heteroatoms. The summed E-state index contributed by atoms with van der Waals surface area (Å²) < 4.78 is 0. The van der Waals surface area contributed by atoms with E-state index in [1.807, 2.05) is 4.90 Å². The summed E-state index contributed by atoms with van der Waals surface area (Å²) in [5.74, 6) is 1.27. The first kappa shape index (κ1) is 18.7. The van der Waals surface area contributed by atoms with Crippen LogP contribution in [-0.2, 0) is 9.59 Å². The van der Waals surface area contributed by atoms with E-state index >= 15 is 0 Å². The standard InChI is InChI=1S/C20H35N3O2/c21-14-18-7-3-4-12-23(18)20(25)16-8-10-17(11-9-16)22-19(24)13-15-5-1-2-6-15/h15-18H,1-14,21H2,(H,22,24). The molecule has 0 radical (unpaired) electrons. The Bertz CT molecular complexity index is 454. The van der Waals surface area contributed by atoms with E-state index in [4.69, 9.17) is 5.73 Å². The molecular formula is C20H35N3O2. The van der Waals surface area contributed by atoms with Gasteiger partial charge in [0.25, 0.3) is 0 Å². The SMILES string of the molecule is NCC1CCCCN1C(=O)C1CCC(NC(=O)CC2CCCC2)CC1. The highest BCUT2D eigenvalue weighted by Gasteiger charge is 2.33. The molecular weight excluding hydrogens is 314 g/mol. The molecule has 3 N–H and O–H groups in total. The van der Waals surface area contributed by atoms with Crippen LogP contribution in [0.25, 0.3) is 0 Å². The summed E-state index contributed by atoms with van der Waals surface area (Å²) in [7, 11) is 0. The molecule has 1 heterocycles. The second-order valence-electron chi connectivity index (χ2n) is 8.39. The zero-order chi connectivity index (χ0) is 17.6. The number of nitrogens with zero attached hydrogens (tertiary/aromatic N) is 1. The highest BCUT2D eigenvalue weighted by molar-refractivity contribution is 5.79. The van der Waals surface area contributed by atoms with E-state index in [-0.39, 0.29) is 23.9 Å². The Morgan fingerprint density at radius 3 is 2.28 bits per heavy atom. The number of likely N-dealkylation sites (tertiary alicyclic amines) is 1. The first-order valence-electron chi connectivity index (χ1n) is 10.5. The fourth-order valence-corrected chi connectivity index (χ4v) is 5.02. The van der Waals surface area contributed by atoms with E-state index in [2.05, 4.69) is 5.32 Å². The minimum absolute atomic E-state index is 0.134. The van der Waals surface area contributed by atoms with Crippen molar-refractivity contribution in [2.24, 2.45) is 17.6 Å². The molecule has 1 unspecified atom stereocenters. The topological polar surface area (TPSA) is 75.4 Å². The molecule has 0 aromatic rings. The van der Waals surface area contributed by atoms with Gasteiger partial charge in [-0.2, -0.15) is 0 Å². The second-order valence-corrected chi connectivity index (χ2v) is 8.39. The lowest BCUT2D eigenvalue weighted by Gasteiger charge is -2.39. The third-order valence-electron chi connectivity index (χ3n) is 6.57. The Hall–Kier alpha value is -1.10. The van der Waals surface area contributed by atoms with Gasteiger partial charge in [-0.3, -0.25) is 9.59 Å². The first-order valence-corrected chi connectivity index (χ1v) is 10.5. The number of amides is 2. The Morgan fingerprint density at radius 2 is 1.60 bits per heavy atom. The van der Waals surface area contributed by atoms with Crippen LogP contribution in [-0.4, -0.2) is 41.9 Å². The molecule has 2 aliphatic carbocycles. The maximum atomic E-state index is 12.9. The van der Waals surface area contributed by atoms with Crippen molar-refractivity contribution in [1.29, 1.82) is 0 Å². The Morgan fingerprint density at radius 1 is 0.920 bits per heavy atom. The monoisotopic (exact) mass is 349 g/mol. The molecule has 5 nitrogen and oxygen atoms in total. The highest BCUT2D eigenvalue weighted by Crippen LogP contribution is 2.30. The van der Waals surface area contributed by atoms with Gasteiger partial charge in [0.1, 0.15) is 0 Å². The van der Waals surface area contributed by atoms with Gasteiger partial charge in [-0.15, -0.1) is 0 Å². The molecule has 3 aliphatic rings.